The van der Waals surface area contributed by atoms with E-state index in [1.807, 2.05) is 61.5 Å². The predicted octanol–water partition coefficient (Wildman–Crippen LogP) is 5.35. The van der Waals surface area contributed by atoms with Crippen molar-refractivity contribution in [3.63, 3.8) is 0 Å². The molecule has 0 spiro atoms. The van der Waals surface area contributed by atoms with E-state index in [4.69, 9.17) is 28.0 Å². The smallest absolute Gasteiger partial charge is 0.266 e. The molecule has 0 N–H and O–H groups in total. The Hall–Kier alpha value is -2.86. The van der Waals surface area contributed by atoms with Gasteiger partial charge in [-0.15, -0.1) is 0 Å². The summed E-state index contributed by atoms with van der Waals surface area (Å²) >= 11 is 12.3. The first-order valence-electron chi connectivity index (χ1n) is 9.86. The van der Waals surface area contributed by atoms with Gasteiger partial charge in [0.05, 0.1) is 22.4 Å². The summed E-state index contributed by atoms with van der Waals surface area (Å²) < 4.78 is 0. The molecule has 0 unspecified atom stereocenters. The maximum Gasteiger partial charge on any atom is 0.266 e. The molecule has 2 saturated heterocycles. The molecular weight excluding hydrogens is 435 g/mol. The molecule has 0 aliphatic carbocycles. The standard InChI is InChI=1S/C24H18Cl2N2O3/c1-14-7-9-15(10-8-14)21-20-22(31-28(21)17-5-3-2-4-6-17)24(30)27(23(20)29)19-12-11-16(25)13-18(19)26/h2-13,20-22H,1H3/t20-,21-,22-/m1/s1. The minimum absolute atomic E-state index is 0.237. The first-order valence-corrected chi connectivity index (χ1v) is 10.6. The normalized spacial score (nSPS) is 22.9. The SMILES string of the molecule is Cc1ccc([C@@H]2[C@H]3C(=O)N(c4ccc(Cl)cc4Cl)C(=O)[C@@H]3ON2c2ccccc2)cc1. The summed E-state index contributed by atoms with van der Waals surface area (Å²) in [5.41, 5.74) is 3.09. The minimum Gasteiger partial charge on any atom is -0.273 e. The second-order valence-electron chi connectivity index (χ2n) is 7.68. The van der Waals surface area contributed by atoms with E-state index in [0.29, 0.717) is 10.7 Å². The Balaban J connectivity index is 1.59. The number of fused-ring (bicyclic) bond motifs is 1. The highest BCUT2D eigenvalue weighted by molar-refractivity contribution is 6.38. The highest BCUT2D eigenvalue weighted by Crippen LogP contribution is 2.48. The van der Waals surface area contributed by atoms with Crippen molar-refractivity contribution >= 4 is 46.4 Å². The third-order valence-corrected chi connectivity index (χ3v) is 6.23. The number of aryl methyl sites for hydroxylation is 1. The van der Waals surface area contributed by atoms with Crippen molar-refractivity contribution in [2.75, 3.05) is 9.96 Å². The van der Waals surface area contributed by atoms with Gasteiger partial charge in [0, 0.05) is 5.02 Å². The van der Waals surface area contributed by atoms with Crippen molar-refractivity contribution in [3.8, 4) is 0 Å². The Morgan fingerprint density at radius 2 is 1.58 bits per heavy atom. The predicted molar refractivity (Wildman–Crippen MR) is 120 cm³/mol. The molecule has 2 heterocycles. The molecule has 0 saturated carbocycles. The quantitative estimate of drug-likeness (QED) is 0.502. The fourth-order valence-corrected chi connectivity index (χ4v) is 4.71. The van der Waals surface area contributed by atoms with Crippen LogP contribution in [0.4, 0.5) is 11.4 Å². The van der Waals surface area contributed by atoms with Crippen LogP contribution in [0.15, 0.2) is 72.8 Å². The molecule has 31 heavy (non-hydrogen) atoms. The lowest BCUT2D eigenvalue weighted by Crippen LogP contribution is -2.37. The zero-order chi connectivity index (χ0) is 21.7. The monoisotopic (exact) mass is 452 g/mol. The van der Waals surface area contributed by atoms with E-state index in [-0.39, 0.29) is 10.9 Å². The van der Waals surface area contributed by atoms with Gasteiger partial charge in [0.25, 0.3) is 5.91 Å². The molecule has 2 aliphatic rings. The molecule has 2 amide bonds. The maximum atomic E-state index is 13.6. The molecule has 0 bridgehead atoms. The Morgan fingerprint density at radius 1 is 0.871 bits per heavy atom. The number of hydrogen-bond donors (Lipinski definition) is 0. The lowest BCUT2D eigenvalue weighted by Gasteiger charge is -2.29. The van der Waals surface area contributed by atoms with E-state index in [9.17, 15) is 9.59 Å². The van der Waals surface area contributed by atoms with Crippen molar-refractivity contribution in [1.29, 1.82) is 0 Å². The number of imide groups is 1. The Bertz CT molecular complexity index is 1170. The number of hydrogen-bond acceptors (Lipinski definition) is 4. The molecule has 3 atom stereocenters. The molecular formula is C24H18Cl2N2O3. The van der Waals surface area contributed by atoms with Gasteiger partial charge in [-0.3, -0.25) is 14.4 Å². The topological polar surface area (TPSA) is 49.9 Å². The number of para-hydroxylation sites is 1. The van der Waals surface area contributed by atoms with Gasteiger partial charge in [-0.25, -0.2) is 9.96 Å². The number of anilines is 2. The summed E-state index contributed by atoms with van der Waals surface area (Å²) in [6.07, 6.45) is -0.939. The van der Waals surface area contributed by atoms with Crippen molar-refractivity contribution in [3.05, 3.63) is 94.0 Å². The Morgan fingerprint density at radius 3 is 2.26 bits per heavy atom. The molecule has 3 aromatic rings. The average Bonchev–Trinajstić information content (AvgIpc) is 3.26. The van der Waals surface area contributed by atoms with Gasteiger partial charge >= 0.3 is 0 Å². The van der Waals surface area contributed by atoms with Gasteiger partial charge in [0.15, 0.2) is 6.10 Å². The van der Waals surface area contributed by atoms with Gasteiger partial charge < -0.3 is 0 Å². The molecule has 0 radical (unpaired) electrons. The Labute approximate surface area is 189 Å². The van der Waals surface area contributed by atoms with E-state index in [2.05, 4.69) is 0 Å². The van der Waals surface area contributed by atoms with Gasteiger partial charge in [-0.05, 0) is 42.8 Å². The van der Waals surface area contributed by atoms with E-state index in [1.54, 1.807) is 17.2 Å². The average molecular weight is 453 g/mol. The highest BCUT2D eigenvalue weighted by Gasteiger charge is 2.60. The van der Waals surface area contributed by atoms with Crippen LogP contribution in [-0.2, 0) is 14.4 Å². The molecule has 156 valence electrons. The van der Waals surface area contributed by atoms with Crippen LogP contribution in [0, 0.1) is 12.8 Å². The van der Waals surface area contributed by atoms with Crippen molar-refractivity contribution in [1.82, 2.24) is 0 Å². The third kappa shape index (κ3) is 3.30. The van der Waals surface area contributed by atoms with Crippen LogP contribution in [0.25, 0.3) is 0 Å². The lowest BCUT2D eigenvalue weighted by molar-refractivity contribution is -0.126. The van der Waals surface area contributed by atoms with E-state index < -0.39 is 24.0 Å². The molecule has 2 fully saturated rings. The Kier molecular flexibility index (Phi) is 4.97. The van der Waals surface area contributed by atoms with Crippen LogP contribution < -0.4 is 9.96 Å². The second kappa shape index (κ2) is 7.68. The van der Waals surface area contributed by atoms with Gasteiger partial charge in [-0.2, -0.15) is 0 Å². The molecule has 2 aliphatic heterocycles. The molecule has 5 rings (SSSR count). The van der Waals surface area contributed by atoms with Gasteiger partial charge in [0.2, 0.25) is 5.91 Å². The zero-order valence-electron chi connectivity index (χ0n) is 16.5. The lowest BCUT2D eigenvalue weighted by atomic mass is 9.90. The van der Waals surface area contributed by atoms with Crippen LogP contribution in [0.5, 0.6) is 0 Å². The summed E-state index contributed by atoms with van der Waals surface area (Å²) in [4.78, 5) is 34.1. The number of carbonyl (C=O) groups is 2. The van der Waals surface area contributed by atoms with Crippen LogP contribution in [-0.4, -0.2) is 17.9 Å². The zero-order valence-corrected chi connectivity index (χ0v) is 18.0. The molecule has 5 nitrogen and oxygen atoms in total. The van der Waals surface area contributed by atoms with E-state index >= 15 is 0 Å². The number of rotatable bonds is 3. The summed E-state index contributed by atoms with van der Waals surface area (Å²) in [5.74, 6) is -1.49. The first-order chi connectivity index (χ1) is 15.0. The number of halogens is 2. The van der Waals surface area contributed by atoms with Crippen molar-refractivity contribution < 1.29 is 14.4 Å². The minimum atomic E-state index is -0.939. The number of carbonyl (C=O) groups excluding carboxylic acids is 2. The fourth-order valence-electron chi connectivity index (χ4n) is 4.22. The van der Waals surface area contributed by atoms with Crippen LogP contribution in [0.2, 0.25) is 10.0 Å². The molecule has 0 aromatic heterocycles. The number of amides is 2. The summed E-state index contributed by atoms with van der Waals surface area (Å²) in [6, 6.07) is 21.6. The fraction of sp³-hybridized carbons (Fsp3) is 0.167. The maximum absolute atomic E-state index is 13.6. The van der Waals surface area contributed by atoms with Crippen molar-refractivity contribution in [2.24, 2.45) is 5.92 Å². The van der Waals surface area contributed by atoms with Gasteiger partial charge in [0.1, 0.15) is 5.92 Å². The van der Waals surface area contributed by atoms with Crippen molar-refractivity contribution in [2.45, 2.75) is 19.1 Å². The first kappa shape index (κ1) is 20.1. The van der Waals surface area contributed by atoms with Crippen LogP contribution >= 0.6 is 23.2 Å². The van der Waals surface area contributed by atoms with Crippen LogP contribution in [0.3, 0.4) is 0 Å². The molecule has 7 heteroatoms. The molecule has 3 aromatic carbocycles. The number of nitrogens with zero attached hydrogens (tertiary/aromatic N) is 2. The highest BCUT2D eigenvalue weighted by atomic mass is 35.5. The summed E-state index contributed by atoms with van der Waals surface area (Å²) in [6.45, 7) is 2.00. The van der Waals surface area contributed by atoms with E-state index in [1.165, 1.54) is 6.07 Å². The second-order valence-corrected chi connectivity index (χ2v) is 8.52. The van der Waals surface area contributed by atoms with Crippen LogP contribution in [0.1, 0.15) is 17.2 Å². The summed E-state index contributed by atoms with van der Waals surface area (Å²) in [7, 11) is 0. The largest absolute Gasteiger partial charge is 0.273 e. The third-order valence-electron chi connectivity index (χ3n) is 5.70. The summed E-state index contributed by atoms with van der Waals surface area (Å²) in [5, 5.41) is 2.34. The number of benzene rings is 3. The van der Waals surface area contributed by atoms with Gasteiger partial charge in [-0.1, -0.05) is 71.2 Å². The number of hydroxylamine groups is 1. The van der Waals surface area contributed by atoms with E-state index in [0.717, 1.165) is 21.7 Å².